The molecule has 2 rings (SSSR count). The number of ether oxygens (including phenoxy) is 1. The number of sulfonamides is 1. The lowest BCUT2D eigenvalue weighted by molar-refractivity contribution is 0.126. The molecule has 5 nitrogen and oxygen atoms in total. The molecule has 118 valence electrons. The van der Waals surface area contributed by atoms with Crippen molar-refractivity contribution in [3.63, 3.8) is 0 Å². The predicted octanol–water partition coefficient (Wildman–Crippen LogP) is 1.99. The molecular formula is C15H24N2O3S. The summed E-state index contributed by atoms with van der Waals surface area (Å²) < 4.78 is 32.2. The van der Waals surface area contributed by atoms with Gasteiger partial charge >= 0.3 is 0 Å². The van der Waals surface area contributed by atoms with Gasteiger partial charge in [-0.25, -0.2) is 8.42 Å². The summed E-state index contributed by atoms with van der Waals surface area (Å²) in [6.07, 6.45) is 1.61. The highest BCUT2D eigenvalue weighted by molar-refractivity contribution is 7.89. The van der Waals surface area contributed by atoms with Crippen molar-refractivity contribution in [3.05, 3.63) is 29.8 Å². The maximum Gasteiger partial charge on any atom is 0.217 e. The molecule has 1 heterocycles. The normalized spacial score (nSPS) is 19.5. The first-order chi connectivity index (χ1) is 9.88. The standard InChI is InChI=1S/C15H24N2O3S/c1-12(2)17(10-13-5-7-14(16)8-6-13)21(18,19)11-15-4-3-9-20-15/h5-8,12,15H,3-4,9-11,16H2,1-2H3. The summed E-state index contributed by atoms with van der Waals surface area (Å²) in [7, 11) is -3.34. The van der Waals surface area contributed by atoms with Crippen molar-refractivity contribution < 1.29 is 13.2 Å². The number of nitrogens with two attached hydrogens (primary N) is 1. The second-order valence-corrected chi connectivity index (χ2v) is 7.76. The van der Waals surface area contributed by atoms with E-state index in [1.54, 1.807) is 16.4 Å². The molecule has 21 heavy (non-hydrogen) atoms. The first-order valence-electron chi connectivity index (χ1n) is 7.34. The Hall–Kier alpha value is -1.11. The zero-order valence-corrected chi connectivity index (χ0v) is 13.5. The SMILES string of the molecule is CC(C)N(Cc1ccc(N)cc1)S(=O)(=O)CC1CCCO1. The third-order valence-corrected chi connectivity index (χ3v) is 5.73. The summed E-state index contributed by atoms with van der Waals surface area (Å²) in [6, 6.07) is 7.23. The summed E-state index contributed by atoms with van der Waals surface area (Å²) in [6.45, 7) is 4.82. The van der Waals surface area contributed by atoms with Gasteiger partial charge in [0.05, 0.1) is 11.9 Å². The Morgan fingerprint density at radius 1 is 1.33 bits per heavy atom. The zero-order valence-electron chi connectivity index (χ0n) is 12.7. The number of nitrogens with zero attached hydrogens (tertiary/aromatic N) is 1. The van der Waals surface area contributed by atoms with Crippen molar-refractivity contribution in [1.29, 1.82) is 0 Å². The fourth-order valence-electron chi connectivity index (χ4n) is 2.51. The Morgan fingerprint density at radius 3 is 2.52 bits per heavy atom. The maximum absolute atomic E-state index is 12.6. The van der Waals surface area contributed by atoms with Gasteiger partial charge in [0.2, 0.25) is 10.0 Å². The van der Waals surface area contributed by atoms with E-state index in [-0.39, 0.29) is 17.9 Å². The van der Waals surface area contributed by atoms with E-state index in [0.29, 0.717) is 18.8 Å². The smallest absolute Gasteiger partial charge is 0.217 e. The van der Waals surface area contributed by atoms with Crippen molar-refractivity contribution in [2.75, 3.05) is 18.1 Å². The zero-order chi connectivity index (χ0) is 15.5. The fraction of sp³-hybridized carbons (Fsp3) is 0.600. The number of hydrogen-bond donors (Lipinski definition) is 1. The Morgan fingerprint density at radius 2 is 2.00 bits per heavy atom. The lowest BCUT2D eigenvalue weighted by Gasteiger charge is -2.27. The van der Waals surface area contributed by atoms with Crippen molar-refractivity contribution in [2.45, 2.75) is 45.4 Å². The van der Waals surface area contributed by atoms with Crippen LogP contribution >= 0.6 is 0 Å². The van der Waals surface area contributed by atoms with Gasteiger partial charge in [0.25, 0.3) is 0 Å². The molecule has 0 aliphatic carbocycles. The van der Waals surface area contributed by atoms with Crippen molar-refractivity contribution >= 4 is 15.7 Å². The van der Waals surface area contributed by atoms with Gasteiger partial charge in [0, 0.05) is 24.9 Å². The molecule has 1 aliphatic rings. The van der Waals surface area contributed by atoms with Gasteiger partial charge in [-0.05, 0) is 44.4 Å². The van der Waals surface area contributed by atoms with E-state index in [2.05, 4.69) is 0 Å². The molecule has 2 N–H and O–H groups in total. The van der Waals surface area contributed by atoms with Crippen LogP contribution in [0.1, 0.15) is 32.3 Å². The second-order valence-electron chi connectivity index (χ2n) is 5.79. The van der Waals surface area contributed by atoms with Crippen LogP contribution in [0.5, 0.6) is 0 Å². The molecule has 1 atom stereocenters. The van der Waals surface area contributed by atoms with Crippen LogP contribution in [-0.2, 0) is 21.3 Å². The monoisotopic (exact) mass is 312 g/mol. The van der Waals surface area contributed by atoms with E-state index in [9.17, 15) is 8.42 Å². The largest absolute Gasteiger partial charge is 0.399 e. The second kappa shape index (κ2) is 6.77. The number of hydrogen-bond acceptors (Lipinski definition) is 4. The molecule has 0 radical (unpaired) electrons. The third kappa shape index (κ3) is 4.43. The highest BCUT2D eigenvalue weighted by Gasteiger charge is 2.30. The van der Waals surface area contributed by atoms with E-state index < -0.39 is 10.0 Å². The van der Waals surface area contributed by atoms with Crippen molar-refractivity contribution in [3.8, 4) is 0 Å². The van der Waals surface area contributed by atoms with E-state index in [1.807, 2.05) is 26.0 Å². The molecular weight excluding hydrogens is 288 g/mol. The molecule has 1 fully saturated rings. The topological polar surface area (TPSA) is 72.6 Å². The van der Waals surface area contributed by atoms with Gasteiger partial charge in [-0.2, -0.15) is 4.31 Å². The van der Waals surface area contributed by atoms with E-state index >= 15 is 0 Å². The summed E-state index contributed by atoms with van der Waals surface area (Å²) in [5.41, 5.74) is 7.28. The lowest BCUT2D eigenvalue weighted by atomic mass is 10.2. The lowest BCUT2D eigenvalue weighted by Crippen LogP contribution is -2.40. The molecule has 0 amide bonds. The average Bonchev–Trinajstić information content (AvgIpc) is 2.89. The summed E-state index contributed by atoms with van der Waals surface area (Å²) >= 11 is 0. The molecule has 1 unspecified atom stereocenters. The molecule has 1 aliphatic heterocycles. The third-order valence-electron chi connectivity index (χ3n) is 3.67. The molecule has 0 spiro atoms. The number of benzene rings is 1. The minimum absolute atomic E-state index is 0.0696. The summed E-state index contributed by atoms with van der Waals surface area (Å²) in [4.78, 5) is 0. The Kier molecular flexibility index (Phi) is 5.24. The average molecular weight is 312 g/mol. The van der Waals surface area contributed by atoms with Gasteiger partial charge in [-0.1, -0.05) is 12.1 Å². The highest BCUT2D eigenvalue weighted by atomic mass is 32.2. The Bertz CT molecular complexity index is 549. The van der Waals surface area contributed by atoms with Crippen LogP contribution in [0, 0.1) is 0 Å². The molecule has 0 saturated carbocycles. The van der Waals surface area contributed by atoms with Crippen LogP contribution in [0.3, 0.4) is 0 Å². The van der Waals surface area contributed by atoms with Gasteiger partial charge in [0.15, 0.2) is 0 Å². The van der Waals surface area contributed by atoms with E-state index in [1.165, 1.54) is 0 Å². The van der Waals surface area contributed by atoms with Crippen LogP contribution in [0.2, 0.25) is 0 Å². The number of nitrogen functional groups attached to an aromatic ring is 1. The molecule has 0 aromatic heterocycles. The first-order valence-corrected chi connectivity index (χ1v) is 8.95. The highest BCUT2D eigenvalue weighted by Crippen LogP contribution is 2.20. The van der Waals surface area contributed by atoms with Crippen LogP contribution in [0.15, 0.2) is 24.3 Å². The minimum Gasteiger partial charge on any atom is -0.399 e. The van der Waals surface area contributed by atoms with E-state index in [0.717, 1.165) is 18.4 Å². The predicted molar refractivity (Wildman–Crippen MR) is 84.3 cm³/mol. The van der Waals surface area contributed by atoms with Gasteiger partial charge < -0.3 is 10.5 Å². The molecule has 6 heteroatoms. The van der Waals surface area contributed by atoms with Crippen LogP contribution in [0.25, 0.3) is 0 Å². The fourth-order valence-corrected chi connectivity index (χ4v) is 4.42. The number of anilines is 1. The van der Waals surface area contributed by atoms with Gasteiger partial charge in [-0.15, -0.1) is 0 Å². The maximum atomic E-state index is 12.6. The van der Waals surface area contributed by atoms with Crippen LogP contribution in [0.4, 0.5) is 5.69 Å². The van der Waals surface area contributed by atoms with Crippen LogP contribution < -0.4 is 5.73 Å². The Labute approximate surface area is 127 Å². The first kappa shape index (κ1) is 16.3. The minimum atomic E-state index is -3.34. The molecule has 0 bridgehead atoms. The Balaban J connectivity index is 2.11. The summed E-state index contributed by atoms with van der Waals surface area (Å²) in [5.74, 6) is 0.0696. The quantitative estimate of drug-likeness (QED) is 0.815. The molecule has 1 aromatic rings. The molecule has 1 aromatic carbocycles. The molecule has 1 saturated heterocycles. The van der Waals surface area contributed by atoms with Crippen molar-refractivity contribution in [1.82, 2.24) is 4.31 Å². The van der Waals surface area contributed by atoms with E-state index in [4.69, 9.17) is 10.5 Å². The van der Waals surface area contributed by atoms with Crippen molar-refractivity contribution in [2.24, 2.45) is 0 Å². The summed E-state index contributed by atoms with van der Waals surface area (Å²) in [5, 5.41) is 0. The van der Waals surface area contributed by atoms with Gasteiger partial charge in [-0.3, -0.25) is 0 Å². The van der Waals surface area contributed by atoms with Gasteiger partial charge in [0.1, 0.15) is 0 Å². The van der Waals surface area contributed by atoms with Crippen LogP contribution in [-0.4, -0.2) is 37.2 Å². The number of rotatable bonds is 6.